The summed E-state index contributed by atoms with van der Waals surface area (Å²) in [5.41, 5.74) is 0.320. The Balaban J connectivity index is 1.57. The molecular formula is C22H29ClO4S. The number of halogens is 1. The minimum atomic E-state index is -0.931. The Morgan fingerprint density at radius 1 is 1.36 bits per heavy atom. The quantitative estimate of drug-likeness (QED) is 0.323. The van der Waals surface area contributed by atoms with Gasteiger partial charge in [-0.3, -0.25) is 0 Å². The van der Waals surface area contributed by atoms with Gasteiger partial charge in [0, 0.05) is 21.9 Å². The van der Waals surface area contributed by atoms with Crippen LogP contribution in [0.25, 0.3) is 0 Å². The predicted octanol–water partition coefficient (Wildman–Crippen LogP) is 4.58. The van der Waals surface area contributed by atoms with Crippen molar-refractivity contribution in [2.24, 2.45) is 17.3 Å². The Morgan fingerprint density at radius 2 is 2.04 bits per heavy atom. The van der Waals surface area contributed by atoms with Crippen molar-refractivity contribution in [3.63, 3.8) is 0 Å². The first-order chi connectivity index (χ1) is 13.3. The Hall–Kier alpha value is -1.01. The van der Waals surface area contributed by atoms with Crippen LogP contribution in [0.3, 0.4) is 0 Å². The molecule has 0 spiro atoms. The number of carboxylic acid groups (broad SMARTS) is 1. The number of rotatable bonds is 8. The van der Waals surface area contributed by atoms with Gasteiger partial charge >= 0.3 is 5.97 Å². The van der Waals surface area contributed by atoms with E-state index in [1.165, 1.54) is 6.42 Å². The third kappa shape index (κ3) is 4.93. The molecule has 0 amide bonds. The summed E-state index contributed by atoms with van der Waals surface area (Å²) in [4.78, 5) is 11.9. The summed E-state index contributed by atoms with van der Waals surface area (Å²) in [7, 11) is 0. The average molecular weight is 425 g/mol. The van der Waals surface area contributed by atoms with Gasteiger partial charge in [0.25, 0.3) is 0 Å². The fourth-order valence-electron chi connectivity index (χ4n) is 4.18. The molecule has 6 heteroatoms. The number of hydrogen-bond acceptors (Lipinski definition) is 4. The molecule has 2 fully saturated rings. The smallest absolute Gasteiger partial charge is 0.335 e. The summed E-state index contributed by atoms with van der Waals surface area (Å²) in [5, 5.41) is 29.7. The molecule has 1 aromatic rings. The van der Waals surface area contributed by atoms with Crippen molar-refractivity contribution in [3.8, 4) is 0 Å². The van der Waals surface area contributed by atoms with Crippen molar-refractivity contribution in [3.05, 3.63) is 42.0 Å². The van der Waals surface area contributed by atoms with E-state index in [9.17, 15) is 15.0 Å². The van der Waals surface area contributed by atoms with Crippen LogP contribution in [0.4, 0.5) is 0 Å². The van der Waals surface area contributed by atoms with Crippen LogP contribution < -0.4 is 0 Å². The van der Waals surface area contributed by atoms with Crippen molar-refractivity contribution >= 4 is 29.3 Å². The highest BCUT2D eigenvalue weighted by Crippen LogP contribution is 2.45. The monoisotopic (exact) mass is 424 g/mol. The van der Waals surface area contributed by atoms with E-state index in [0.717, 1.165) is 23.5 Å². The van der Waals surface area contributed by atoms with Gasteiger partial charge in [-0.2, -0.15) is 0 Å². The number of carboxylic acids is 1. The average Bonchev–Trinajstić information content (AvgIpc) is 2.91. The van der Waals surface area contributed by atoms with Crippen LogP contribution in [-0.4, -0.2) is 44.6 Å². The zero-order valence-electron chi connectivity index (χ0n) is 16.1. The van der Waals surface area contributed by atoms with Crippen LogP contribution in [0.1, 0.15) is 49.4 Å². The Labute approximate surface area is 176 Å². The number of benzene rings is 1. The van der Waals surface area contributed by atoms with Crippen molar-refractivity contribution in [1.82, 2.24) is 0 Å². The van der Waals surface area contributed by atoms with Gasteiger partial charge in [-0.15, -0.1) is 23.4 Å². The van der Waals surface area contributed by atoms with Crippen molar-refractivity contribution in [2.75, 3.05) is 5.75 Å². The topological polar surface area (TPSA) is 77.8 Å². The van der Waals surface area contributed by atoms with Crippen LogP contribution in [0.5, 0.6) is 0 Å². The molecule has 2 aliphatic carbocycles. The second-order valence-electron chi connectivity index (χ2n) is 8.39. The number of carbonyl (C=O) groups is 1. The fraction of sp³-hybridized carbons (Fsp3) is 0.591. The van der Waals surface area contributed by atoms with Gasteiger partial charge in [-0.1, -0.05) is 25.5 Å². The van der Waals surface area contributed by atoms with Gasteiger partial charge in [-0.05, 0) is 61.3 Å². The zero-order valence-corrected chi connectivity index (χ0v) is 17.7. The highest BCUT2D eigenvalue weighted by atomic mass is 35.5. The second-order valence-corrected chi connectivity index (χ2v) is 10.0. The normalized spacial score (nSPS) is 30.3. The standard InChI is InChI=1S/C22H29ClO4S/c1-22(10-3-11-22)20(25)5-2-4-16-17(18(23)12-19(16)24)13-28-15-8-6-14(7-9-15)21(26)27/h2,4,6-9,16-20,24-25H,3,5,10-13H2,1H3,(H,26,27)/b4-2+/t16-,17-,18?,19?,20?/m1/s1. The number of thioether (sulfide) groups is 1. The van der Waals surface area contributed by atoms with Gasteiger partial charge in [-0.25, -0.2) is 4.79 Å². The number of aliphatic hydroxyl groups excluding tert-OH is 2. The van der Waals surface area contributed by atoms with E-state index in [2.05, 4.69) is 6.92 Å². The van der Waals surface area contributed by atoms with Gasteiger partial charge in [0.15, 0.2) is 0 Å². The lowest BCUT2D eigenvalue weighted by molar-refractivity contribution is -0.0177. The van der Waals surface area contributed by atoms with Gasteiger partial charge < -0.3 is 15.3 Å². The lowest BCUT2D eigenvalue weighted by Gasteiger charge is -2.42. The molecule has 154 valence electrons. The van der Waals surface area contributed by atoms with E-state index in [4.69, 9.17) is 16.7 Å². The minimum Gasteiger partial charge on any atom is -0.478 e. The summed E-state index contributed by atoms with van der Waals surface area (Å²) in [6, 6.07) is 6.82. The first-order valence-electron chi connectivity index (χ1n) is 9.93. The van der Waals surface area contributed by atoms with Crippen LogP contribution in [0.15, 0.2) is 41.3 Å². The molecule has 0 saturated heterocycles. The fourth-order valence-corrected chi connectivity index (χ4v) is 5.89. The van der Waals surface area contributed by atoms with Crippen molar-refractivity contribution in [1.29, 1.82) is 0 Å². The van der Waals surface area contributed by atoms with Crippen molar-refractivity contribution in [2.45, 2.75) is 61.5 Å². The molecule has 3 unspecified atom stereocenters. The summed E-state index contributed by atoms with van der Waals surface area (Å²) in [5.74, 6) is -0.0601. The van der Waals surface area contributed by atoms with E-state index in [0.29, 0.717) is 12.8 Å². The van der Waals surface area contributed by atoms with Crippen LogP contribution >= 0.6 is 23.4 Å². The van der Waals surface area contributed by atoms with E-state index in [1.807, 2.05) is 24.3 Å². The van der Waals surface area contributed by atoms with Gasteiger partial charge in [0.1, 0.15) is 0 Å². The van der Waals surface area contributed by atoms with Gasteiger partial charge in [0.05, 0.1) is 17.8 Å². The molecule has 0 radical (unpaired) electrons. The number of alkyl halides is 1. The molecule has 2 aliphatic rings. The molecule has 3 N–H and O–H groups in total. The number of hydrogen-bond donors (Lipinski definition) is 3. The summed E-state index contributed by atoms with van der Waals surface area (Å²) in [6.45, 7) is 2.14. The SMILES string of the molecule is CC1(C(O)C/C=C/[C@H]2C(O)CC(Cl)[C@@H]2CSc2ccc(C(=O)O)cc2)CCC1. The molecule has 0 bridgehead atoms. The minimum absolute atomic E-state index is 0.0188. The summed E-state index contributed by atoms with van der Waals surface area (Å²) in [6.07, 6.45) is 7.80. The molecule has 2 saturated carbocycles. The Morgan fingerprint density at radius 3 is 2.61 bits per heavy atom. The highest BCUT2D eigenvalue weighted by Gasteiger charge is 2.41. The third-order valence-electron chi connectivity index (χ3n) is 6.43. The first-order valence-corrected chi connectivity index (χ1v) is 11.4. The lowest BCUT2D eigenvalue weighted by atomic mass is 9.66. The van der Waals surface area contributed by atoms with E-state index >= 15 is 0 Å². The molecule has 0 heterocycles. The highest BCUT2D eigenvalue weighted by molar-refractivity contribution is 7.99. The third-order valence-corrected chi connectivity index (χ3v) is 8.09. The Kier molecular flexibility index (Phi) is 7.13. The first kappa shape index (κ1) is 21.7. The second kappa shape index (κ2) is 9.21. The summed E-state index contributed by atoms with van der Waals surface area (Å²) < 4.78 is 0. The number of aromatic carboxylic acids is 1. The molecule has 28 heavy (non-hydrogen) atoms. The molecule has 0 aromatic heterocycles. The van der Waals surface area contributed by atoms with E-state index in [1.54, 1.807) is 23.9 Å². The molecular weight excluding hydrogens is 396 g/mol. The van der Waals surface area contributed by atoms with Crippen LogP contribution in [-0.2, 0) is 0 Å². The molecule has 0 aliphatic heterocycles. The lowest BCUT2D eigenvalue weighted by Crippen LogP contribution is -2.38. The maximum absolute atomic E-state index is 11.0. The predicted molar refractivity (Wildman–Crippen MR) is 113 cm³/mol. The van der Waals surface area contributed by atoms with E-state index < -0.39 is 12.1 Å². The maximum Gasteiger partial charge on any atom is 0.335 e. The van der Waals surface area contributed by atoms with Gasteiger partial charge in [0.2, 0.25) is 0 Å². The largest absolute Gasteiger partial charge is 0.478 e. The molecule has 3 rings (SSSR count). The molecule has 5 atom stereocenters. The molecule has 4 nitrogen and oxygen atoms in total. The summed E-state index contributed by atoms with van der Waals surface area (Å²) >= 11 is 8.14. The van der Waals surface area contributed by atoms with Crippen LogP contribution in [0.2, 0.25) is 0 Å². The number of aliphatic hydroxyl groups is 2. The van der Waals surface area contributed by atoms with Crippen molar-refractivity contribution < 1.29 is 20.1 Å². The van der Waals surface area contributed by atoms with Crippen LogP contribution in [0, 0.1) is 17.3 Å². The Bertz CT molecular complexity index is 701. The maximum atomic E-state index is 11.0. The molecule has 1 aromatic carbocycles. The van der Waals surface area contributed by atoms with E-state index in [-0.39, 0.29) is 34.3 Å². The zero-order chi connectivity index (χ0) is 20.3.